The Hall–Kier alpha value is -3.87. The maximum Gasteiger partial charge on any atom is 0.329 e. The summed E-state index contributed by atoms with van der Waals surface area (Å²) in [6, 6.07) is 16.9. The van der Waals surface area contributed by atoms with Gasteiger partial charge >= 0.3 is 5.97 Å². The number of furan rings is 1. The quantitative estimate of drug-likeness (QED) is 0.544. The van der Waals surface area contributed by atoms with Gasteiger partial charge in [-0.25, -0.2) is 4.79 Å². The predicted octanol–water partition coefficient (Wildman–Crippen LogP) is 3.42. The second-order valence-electron chi connectivity index (χ2n) is 7.10. The molecule has 31 heavy (non-hydrogen) atoms. The van der Waals surface area contributed by atoms with E-state index in [4.69, 9.17) is 9.15 Å². The molecule has 0 fully saturated rings. The summed E-state index contributed by atoms with van der Waals surface area (Å²) in [6.45, 7) is 3.38. The van der Waals surface area contributed by atoms with Crippen LogP contribution in [0.3, 0.4) is 0 Å². The lowest BCUT2D eigenvalue weighted by atomic mass is 10.1. The summed E-state index contributed by atoms with van der Waals surface area (Å²) in [7, 11) is 0. The first kappa shape index (κ1) is 21.8. The van der Waals surface area contributed by atoms with Gasteiger partial charge < -0.3 is 19.8 Å². The van der Waals surface area contributed by atoms with E-state index in [0.717, 1.165) is 16.7 Å². The number of aryl methyl sites for hydroxylation is 1. The zero-order valence-electron chi connectivity index (χ0n) is 17.4. The number of anilines is 1. The first-order chi connectivity index (χ1) is 14.9. The van der Waals surface area contributed by atoms with Crippen LogP contribution >= 0.6 is 0 Å². The fourth-order valence-corrected chi connectivity index (χ4v) is 2.99. The predicted molar refractivity (Wildman–Crippen MR) is 116 cm³/mol. The second kappa shape index (κ2) is 10.2. The van der Waals surface area contributed by atoms with Crippen LogP contribution in [0.4, 0.5) is 5.69 Å². The largest absolute Gasteiger partial charge is 0.459 e. The molecule has 0 aliphatic rings. The minimum Gasteiger partial charge on any atom is -0.459 e. The van der Waals surface area contributed by atoms with Crippen LogP contribution in [0, 0.1) is 13.8 Å². The minimum atomic E-state index is -0.978. The Morgan fingerprint density at radius 3 is 2.45 bits per heavy atom. The monoisotopic (exact) mass is 420 g/mol. The smallest absolute Gasteiger partial charge is 0.329 e. The van der Waals surface area contributed by atoms with Gasteiger partial charge in [-0.15, -0.1) is 0 Å². The van der Waals surface area contributed by atoms with E-state index in [0.29, 0.717) is 5.69 Å². The van der Waals surface area contributed by atoms with Crippen LogP contribution in [0.15, 0.2) is 71.3 Å². The van der Waals surface area contributed by atoms with Crippen LogP contribution in [-0.2, 0) is 20.7 Å². The molecule has 7 nitrogen and oxygen atoms in total. The van der Waals surface area contributed by atoms with Crippen molar-refractivity contribution in [3.63, 3.8) is 0 Å². The van der Waals surface area contributed by atoms with Crippen LogP contribution in [0.1, 0.15) is 27.2 Å². The molecule has 0 aliphatic carbocycles. The van der Waals surface area contributed by atoms with Gasteiger partial charge in [0.2, 0.25) is 0 Å². The third-order valence-corrected chi connectivity index (χ3v) is 4.84. The number of rotatable bonds is 8. The van der Waals surface area contributed by atoms with Crippen molar-refractivity contribution >= 4 is 23.5 Å². The Balaban J connectivity index is 1.63. The van der Waals surface area contributed by atoms with Crippen LogP contribution in [-0.4, -0.2) is 30.4 Å². The van der Waals surface area contributed by atoms with E-state index in [9.17, 15) is 14.4 Å². The molecule has 2 amide bonds. The second-order valence-corrected chi connectivity index (χ2v) is 7.10. The molecule has 0 spiro atoms. The Labute approximate surface area is 180 Å². The lowest BCUT2D eigenvalue weighted by Gasteiger charge is -2.17. The summed E-state index contributed by atoms with van der Waals surface area (Å²) >= 11 is 0. The van der Waals surface area contributed by atoms with Gasteiger partial charge in [-0.3, -0.25) is 9.59 Å². The van der Waals surface area contributed by atoms with E-state index in [1.54, 1.807) is 12.1 Å². The number of amides is 2. The highest BCUT2D eigenvalue weighted by molar-refractivity contribution is 5.96. The van der Waals surface area contributed by atoms with Crippen molar-refractivity contribution in [2.45, 2.75) is 26.3 Å². The van der Waals surface area contributed by atoms with Gasteiger partial charge in [0.1, 0.15) is 6.04 Å². The van der Waals surface area contributed by atoms with E-state index in [2.05, 4.69) is 10.6 Å². The topological polar surface area (TPSA) is 97.6 Å². The van der Waals surface area contributed by atoms with Gasteiger partial charge in [-0.1, -0.05) is 42.5 Å². The molecule has 0 saturated heterocycles. The Bertz CT molecular complexity index is 1050. The summed E-state index contributed by atoms with van der Waals surface area (Å²) < 4.78 is 10.3. The van der Waals surface area contributed by atoms with E-state index in [1.807, 2.05) is 56.3 Å². The summed E-state index contributed by atoms with van der Waals surface area (Å²) in [6.07, 6.45) is 1.59. The first-order valence-corrected chi connectivity index (χ1v) is 9.85. The lowest BCUT2D eigenvalue weighted by Crippen LogP contribution is -2.44. The van der Waals surface area contributed by atoms with Gasteiger partial charge in [0.05, 0.1) is 6.26 Å². The molecular weight excluding hydrogens is 396 g/mol. The highest BCUT2D eigenvalue weighted by Gasteiger charge is 2.25. The summed E-state index contributed by atoms with van der Waals surface area (Å²) in [4.78, 5) is 37.3. The Morgan fingerprint density at radius 2 is 1.74 bits per heavy atom. The zero-order valence-corrected chi connectivity index (χ0v) is 17.4. The Morgan fingerprint density at radius 1 is 0.968 bits per heavy atom. The maximum atomic E-state index is 12.7. The van der Waals surface area contributed by atoms with Gasteiger partial charge in [0.25, 0.3) is 11.8 Å². The fraction of sp³-hybridized carbons (Fsp3) is 0.208. The van der Waals surface area contributed by atoms with Crippen molar-refractivity contribution < 1.29 is 23.5 Å². The summed E-state index contributed by atoms with van der Waals surface area (Å²) in [5, 5.41) is 5.36. The highest BCUT2D eigenvalue weighted by atomic mass is 16.5. The SMILES string of the molecule is Cc1cccc(NC(=O)COC(=O)[C@H](Cc2ccccc2)NC(=O)c2ccco2)c1C. The molecule has 2 N–H and O–H groups in total. The molecule has 160 valence electrons. The van der Waals surface area contributed by atoms with E-state index in [1.165, 1.54) is 12.3 Å². The molecule has 0 unspecified atom stereocenters. The lowest BCUT2D eigenvalue weighted by molar-refractivity contribution is -0.149. The van der Waals surface area contributed by atoms with Crippen LogP contribution < -0.4 is 10.6 Å². The summed E-state index contributed by atoms with van der Waals surface area (Å²) in [5.41, 5.74) is 3.48. The molecule has 7 heteroatoms. The molecule has 1 aromatic heterocycles. The van der Waals surface area contributed by atoms with E-state index < -0.39 is 30.4 Å². The number of benzene rings is 2. The molecule has 3 rings (SSSR count). The number of hydrogen-bond donors (Lipinski definition) is 2. The summed E-state index contributed by atoms with van der Waals surface area (Å²) in [5.74, 6) is -1.63. The zero-order chi connectivity index (χ0) is 22.2. The Kier molecular flexibility index (Phi) is 7.22. The van der Waals surface area contributed by atoms with Crippen molar-refractivity contribution in [1.82, 2.24) is 5.32 Å². The van der Waals surface area contributed by atoms with Crippen molar-refractivity contribution in [2.75, 3.05) is 11.9 Å². The number of carbonyl (C=O) groups excluding carboxylic acids is 3. The number of carbonyl (C=O) groups is 3. The van der Waals surface area contributed by atoms with Gasteiger partial charge in [-0.2, -0.15) is 0 Å². The molecule has 1 heterocycles. The van der Waals surface area contributed by atoms with E-state index >= 15 is 0 Å². The van der Waals surface area contributed by atoms with Crippen molar-refractivity contribution in [3.8, 4) is 0 Å². The molecule has 3 aromatic rings. The van der Waals surface area contributed by atoms with E-state index in [-0.39, 0.29) is 12.2 Å². The van der Waals surface area contributed by atoms with Crippen molar-refractivity contribution in [2.24, 2.45) is 0 Å². The minimum absolute atomic E-state index is 0.0820. The molecule has 0 aliphatic heterocycles. The maximum absolute atomic E-state index is 12.7. The van der Waals surface area contributed by atoms with Gasteiger partial charge in [-0.05, 0) is 48.7 Å². The first-order valence-electron chi connectivity index (χ1n) is 9.85. The third kappa shape index (κ3) is 6.05. The molecule has 0 bridgehead atoms. The average Bonchev–Trinajstić information content (AvgIpc) is 3.31. The number of nitrogens with one attached hydrogen (secondary N) is 2. The molecule has 0 saturated carbocycles. The van der Waals surface area contributed by atoms with Crippen LogP contribution in [0.5, 0.6) is 0 Å². The highest BCUT2D eigenvalue weighted by Crippen LogP contribution is 2.17. The number of esters is 1. The number of ether oxygens (including phenoxy) is 1. The average molecular weight is 420 g/mol. The van der Waals surface area contributed by atoms with Gasteiger partial charge in [0, 0.05) is 12.1 Å². The van der Waals surface area contributed by atoms with Crippen LogP contribution in [0.25, 0.3) is 0 Å². The fourth-order valence-electron chi connectivity index (χ4n) is 2.99. The molecule has 0 radical (unpaired) electrons. The standard InChI is InChI=1S/C24H24N2O5/c1-16-8-6-11-19(17(16)2)25-22(27)15-31-24(29)20(14-18-9-4-3-5-10-18)26-23(28)21-12-7-13-30-21/h3-13,20H,14-15H2,1-2H3,(H,25,27)(H,26,28)/t20-/m0/s1. The molecule has 1 atom stereocenters. The molecule has 2 aromatic carbocycles. The third-order valence-electron chi connectivity index (χ3n) is 4.84. The van der Waals surface area contributed by atoms with Gasteiger partial charge in [0.15, 0.2) is 12.4 Å². The van der Waals surface area contributed by atoms with Crippen molar-refractivity contribution in [3.05, 3.63) is 89.4 Å². The number of hydrogen-bond acceptors (Lipinski definition) is 5. The van der Waals surface area contributed by atoms with Crippen molar-refractivity contribution in [1.29, 1.82) is 0 Å². The normalized spacial score (nSPS) is 11.4. The molecular formula is C24H24N2O5. The van der Waals surface area contributed by atoms with Crippen LogP contribution in [0.2, 0.25) is 0 Å².